The fourth-order valence-electron chi connectivity index (χ4n) is 1.74. The monoisotopic (exact) mass is 293 g/mol. The van der Waals surface area contributed by atoms with Crippen molar-refractivity contribution >= 4 is 16.5 Å². The Labute approximate surface area is 124 Å². The maximum absolute atomic E-state index is 4.49. The number of rotatable bonds is 5. The molecule has 0 aliphatic heterocycles. The summed E-state index contributed by atoms with van der Waals surface area (Å²) in [6.45, 7) is 8.13. The minimum Gasteiger partial charge on any atom is -0.344 e. The average Bonchev–Trinajstić information content (AvgIpc) is 2.96. The van der Waals surface area contributed by atoms with Gasteiger partial charge in [-0.05, 0) is 20.8 Å². The van der Waals surface area contributed by atoms with Gasteiger partial charge in [0.1, 0.15) is 5.82 Å². The van der Waals surface area contributed by atoms with Crippen molar-refractivity contribution in [2.75, 3.05) is 11.9 Å². The normalized spacial score (nSPS) is 11.8. The van der Waals surface area contributed by atoms with E-state index in [0.29, 0.717) is 0 Å². The lowest BCUT2D eigenvalue weighted by molar-refractivity contribution is 0.426. The summed E-state index contributed by atoms with van der Waals surface area (Å²) in [7, 11) is 4.06. The highest BCUT2D eigenvalue weighted by Gasteiger charge is 2.12. The Hall–Kier alpha value is -1.40. The molecule has 0 bridgehead atoms. The molecule has 2 aromatic rings. The van der Waals surface area contributed by atoms with Gasteiger partial charge in [0.15, 0.2) is 5.13 Å². The molecule has 0 fully saturated rings. The van der Waals surface area contributed by atoms with E-state index in [1.807, 2.05) is 30.2 Å². The molecule has 5 nitrogen and oxygen atoms in total. The van der Waals surface area contributed by atoms with Crippen LogP contribution in [0.5, 0.6) is 0 Å². The summed E-state index contributed by atoms with van der Waals surface area (Å²) in [5, 5.41) is 4.51. The van der Waals surface area contributed by atoms with E-state index in [-0.39, 0.29) is 5.54 Å². The van der Waals surface area contributed by atoms with Crippen LogP contribution >= 0.6 is 11.3 Å². The zero-order chi connectivity index (χ0) is 14.8. The molecule has 2 rings (SSSR count). The van der Waals surface area contributed by atoms with Crippen LogP contribution in [-0.4, -0.2) is 27.1 Å². The Morgan fingerprint density at radius 1 is 1.35 bits per heavy atom. The second kappa shape index (κ2) is 5.93. The van der Waals surface area contributed by atoms with E-state index >= 15 is 0 Å². The number of nitrogens with one attached hydrogen (secondary N) is 1. The van der Waals surface area contributed by atoms with Gasteiger partial charge in [0.05, 0.1) is 6.54 Å². The fraction of sp³-hybridized carbons (Fsp3) is 0.571. The molecule has 0 unspecified atom stereocenters. The highest BCUT2D eigenvalue weighted by molar-refractivity contribution is 7.15. The van der Waals surface area contributed by atoms with Gasteiger partial charge < -0.3 is 14.8 Å². The summed E-state index contributed by atoms with van der Waals surface area (Å²) in [6, 6.07) is 0. The molecular formula is C14H23N5S. The molecule has 0 amide bonds. The minimum atomic E-state index is 0.128. The van der Waals surface area contributed by atoms with Crippen LogP contribution in [0.4, 0.5) is 5.13 Å². The minimum absolute atomic E-state index is 0.128. The van der Waals surface area contributed by atoms with Gasteiger partial charge in [-0.1, -0.05) is 0 Å². The topological polar surface area (TPSA) is 46.0 Å². The van der Waals surface area contributed by atoms with Gasteiger partial charge in [-0.15, -0.1) is 11.3 Å². The molecule has 0 aliphatic rings. The molecule has 20 heavy (non-hydrogen) atoms. The van der Waals surface area contributed by atoms with E-state index in [1.54, 1.807) is 11.3 Å². The lowest BCUT2D eigenvalue weighted by Gasteiger charge is -2.19. The van der Waals surface area contributed by atoms with Gasteiger partial charge in [-0.25, -0.2) is 9.97 Å². The second-order valence-electron chi connectivity index (χ2n) is 6.02. The first-order chi connectivity index (χ1) is 9.35. The third kappa shape index (κ3) is 4.05. The number of aromatic nitrogens is 3. The SMILES string of the molecule is CN(Cc1nccn1C)c1ncc(CNC(C)(C)C)s1. The number of aryl methyl sites for hydroxylation is 1. The van der Waals surface area contributed by atoms with E-state index in [2.05, 4.69) is 48.0 Å². The number of hydrogen-bond donors (Lipinski definition) is 1. The number of hydrogen-bond acceptors (Lipinski definition) is 5. The van der Waals surface area contributed by atoms with Crippen LogP contribution in [-0.2, 0) is 20.1 Å². The third-order valence-corrected chi connectivity index (χ3v) is 4.07. The summed E-state index contributed by atoms with van der Waals surface area (Å²) in [6.07, 6.45) is 5.74. The van der Waals surface area contributed by atoms with Gasteiger partial charge in [0.25, 0.3) is 0 Å². The summed E-state index contributed by atoms with van der Waals surface area (Å²) in [4.78, 5) is 12.2. The van der Waals surface area contributed by atoms with Crippen molar-refractivity contribution in [1.29, 1.82) is 0 Å². The number of anilines is 1. The van der Waals surface area contributed by atoms with Crippen molar-refractivity contribution in [2.24, 2.45) is 7.05 Å². The first-order valence-corrected chi connectivity index (χ1v) is 7.54. The van der Waals surface area contributed by atoms with Crippen molar-refractivity contribution in [3.63, 3.8) is 0 Å². The lowest BCUT2D eigenvalue weighted by Crippen LogP contribution is -2.34. The first kappa shape index (κ1) is 15.0. The van der Waals surface area contributed by atoms with Gasteiger partial charge in [-0.3, -0.25) is 0 Å². The van der Waals surface area contributed by atoms with Crippen molar-refractivity contribution in [3.05, 3.63) is 29.3 Å². The Morgan fingerprint density at radius 3 is 2.70 bits per heavy atom. The molecular weight excluding hydrogens is 270 g/mol. The third-order valence-electron chi connectivity index (χ3n) is 2.96. The molecule has 0 spiro atoms. The quantitative estimate of drug-likeness (QED) is 0.919. The molecule has 0 atom stereocenters. The summed E-state index contributed by atoms with van der Waals surface area (Å²) in [5.41, 5.74) is 0.128. The average molecular weight is 293 g/mol. The van der Waals surface area contributed by atoms with Crippen LogP contribution in [0.3, 0.4) is 0 Å². The molecule has 2 heterocycles. The van der Waals surface area contributed by atoms with Gasteiger partial charge in [0, 0.05) is 49.6 Å². The number of nitrogens with zero attached hydrogens (tertiary/aromatic N) is 4. The lowest BCUT2D eigenvalue weighted by atomic mass is 10.1. The molecule has 0 radical (unpaired) electrons. The van der Waals surface area contributed by atoms with Crippen LogP contribution in [0, 0.1) is 0 Å². The van der Waals surface area contributed by atoms with Gasteiger partial charge >= 0.3 is 0 Å². The molecule has 0 aliphatic carbocycles. The second-order valence-corrected chi connectivity index (χ2v) is 7.12. The number of imidazole rings is 1. The zero-order valence-electron chi connectivity index (χ0n) is 12.8. The van der Waals surface area contributed by atoms with Crippen molar-refractivity contribution in [3.8, 4) is 0 Å². The summed E-state index contributed by atoms with van der Waals surface area (Å²) in [5.74, 6) is 1.04. The molecule has 0 saturated carbocycles. The van der Waals surface area contributed by atoms with Gasteiger partial charge in [0.2, 0.25) is 0 Å². The van der Waals surface area contributed by atoms with Crippen LogP contribution in [0.1, 0.15) is 31.5 Å². The summed E-state index contributed by atoms with van der Waals surface area (Å²) < 4.78 is 2.03. The van der Waals surface area contributed by atoms with E-state index in [9.17, 15) is 0 Å². The first-order valence-electron chi connectivity index (χ1n) is 6.72. The Bertz CT molecular complexity index is 552. The molecule has 6 heteroatoms. The van der Waals surface area contributed by atoms with Crippen LogP contribution < -0.4 is 10.2 Å². The highest BCUT2D eigenvalue weighted by atomic mass is 32.1. The van der Waals surface area contributed by atoms with E-state index in [4.69, 9.17) is 0 Å². The van der Waals surface area contributed by atoms with Crippen LogP contribution in [0.2, 0.25) is 0 Å². The fourth-order valence-corrected chi connectivity index (χ4v) is 2.55. The highest BCUT2D eigenvalue weighted by Crippen LogP contribution is 2.23. The molecule has 2 aromatic heterocycles. The predicted molar refractivity (Wildman–Crippen MR) is 84.0 cm³/mol. The smallest absolute Gasteiger partial charge is 0.185 e. The maximum Gasteiger partial charge on any atom is 0.185 e. The zero-order valence-corrected chi connectivity index (χ0v) is 13.7. The van der Waals surface area contributed by atoms with Crippen LogP contribution in [0.25, 0.3) is 0 Å². The Kier molecular flexibility index (Phi) is 4.45. The van der Waals surface area contributed by atoms with E-state index in [1.165, 1.54) is 4.88 Å². The molecule has 1 N–H and O–H groups in total. The van der Waals surface area contributed by atoms with Crippen LogP contribution in [0.15, 0.2) is 18.6 Å². The maximum atomic E-state index is 4.49. The van der Waals surface area contributed by atoms with Crippen molar-refractivity contribution < 1.29 is 0 Å². The largest absolute Gasteiger partial charge is 0.344 e. The Morgan fingerprint density at radius 2 is 2.10 bits per heavy atom. The van der Waals surface area contributed by atoms with Gasteiger partial charge in [-0.2, -0.15) is 0 Å². The van der Waals surface area contributed by atoms with Crippen molar-refractivity contribution in [2.45, 2.75) is 39.4 Å². The summed E-state index contributed by atoms with van der Waals surface area (Å²) >= 11 is 1.72. The van der Waals surface area contributed by atoms with E-state index < -0.39 is 0 Å². The predicted octanol–water partition coefficient (Wildman–Crippen LogP) is 2.40. The molecule has 110 valence electrons. The van der Waals surface area contributed by atoms with E-state index in [0.717, 1.165) is 24.0 Å². The standard InChI is InChI=1S/C14H23N5S/c1-14(2,3)17-9-11-8-16-13(20-11)19(5)10-12-15-6-7-18(12)4/h6-8,17H,9-10H2,1-5H3. The molecule has 0 aromatic carbocycles. The Balaban J connectivity index is 1.96. The molecule has 0 saturated heterocycles. The van der Waals surface area contributed by atoms with Crippen molar-refractivity contribution in [1.82, 2.24) is 19.9 Å². The number of thiazole rings is 1.